The Morgan fingerprint density at radius 2 is 1.83 bits per heavy atom. The molecule has 0 aliphatic carbocycles. The number of hydrogen-bond acceptors (Lipinski definition) is 2. The molecule has 0 unspecified atom stereocenters. The fraction of sp³-hybridized carbons (Fsp3) is 0.158. The molecular formula is C19H16FN3. The number of aryl methyl sites for hydroxylation is 2. The zero-order chi connectivity index (χ0) is 15.8. The number of alkyl halides is 1. The number of pyridine rings is 1. The number of halogens is 1. The highest BCUT2D eigenvalue weighted by atomic mass is 19.1. The van der Waals surface area contributed by atoms with Crippen molar-refractivity contribution < 1.29 is 4.39 Å². The van der Waals surface area contributed by atoms with E-state index in [4.69, 9.17) is 0 Å². The van der Waals surface area contributed by atoms with E-state index in [2.05, 4.69) is 33.6 Å². The Kier molecular flexibility index (Phi) is 3.30. The predicted octanol–water partition coefficient (Wildman–Crippen LogP) is 4.39. The van der Waals surface area contributed by atoms with Gasteiger partial charge in [-0.2, -0.15) is 0 Å². The molecule has 0 amide bonds. The molecule has 2 aromatic carbocycles. The van der Waals surface area contributed by atoms with Crippen molar-refractivity contribution in [2.45, 2.75) is 13.3 Å². The van der Waals surface area contributed by atoms with E-state index in [1.165, 1.54) is 5.56 Å². The van der Waals surface area contributed by atoms with Crippen molar-refractivity contribution in [3.05, 3.63) is 66.1 Å². The van der Waals surface area contributed by atoms with Crippen LogP contribution in [0.25, 0.3) is 27.6 Å². The first-order valence-electron chi connectivity index (χ1n) is 7.64. The summed E-state index contributed by atoms with van der Waals surface area (Å²) in [7, 11) is 0. The molecule has 0 aliphatic rings. The Labute approximate surface area is 133 Å². The first kappa shape index (κ1) is 13.9. The van der Waals surface area contributed by atoms with Gasteiger partial charge in [-0.3, -0.25) is 13.9 Å². The minimum Gasteiger partial charge on any atom is -0.298 e. The average molecular weight is 305 g/mol. The van der Waals surface area contributed by atoms with Gasteiger partial charge in [0.2, 0.25) is 0 Å². The number of rotatable bonds is 3. The Morgan fingerprint density at radius 3 is 2.61 bits per heavy atom. The van der Waals surface area contributed by atoms with Gasteiger partial charge in [-0.15, -0.1) is 0 Å². The van der Waals surface area contributed by atoms with Gasteiger partial charge in [0.05, 0.1) is 23.9 Å². The molecule has 4 heteroatoms. The van der Waals surface area contributed by atoms with Crippen LogP contribution in [0.2, 0.25) is 0 Å². The molecule has 2 heterocycles. The summed E-state index contributed by atoms with van der Waals surface area (Å²) in [6.07, 6.45) is 4.08. The van der Waals surface area contributed by atoms with Crippen LogP contribution in [0, 0.1) is 6.92 Å². The van der Waals surface area contributed by atoms with Gasteiger partial charge in [0, 0.05) is 17.5 Å². The Balaban J connectivity index is 1.94. The van der Waals surface area contributed by atoms with Gasteiger partial charge in [-0.05, 0) is 36.8 Å². The maximum atomic E-state index is 12.5. The monoisotopic (exact) mass is 305 g/mol. The summed E-state index contributed by atoms with van der Waals surface area (Å²) in [5.74, 6) is 0. The van der Waals surface area contributed by atoms with Crippen molar-refractivity contribution >= 4 is 21.9 Å². The lowest BCUT2D eigenvalue weighted by Crippen LogP contribution is -1.95. The van der Waals surface area contributed by atoms with Crippen molar-refractivity contribution in [2.75, 3.05) is 6.67 Å². The summed E-state index contributed by atoms with van der Waals surface area (Å²) >= 11 is 0. The zero-order valence-corrected chi connectivity index (χ0v) is 12.8. The first-order chi connectivity index (χ1) is 11.3. The molecule has 0 N–H and O–H groups in total. The van der Waals surface area contributed by atoms with Crippen LogP contribution in [0.4, 0.5) is 4.39 Å². The molecule has 0 saturated heterocycles. The second-order valence-electron chi connectivity index (χ2n) is 5.73. The summed E-state index contributed by atoms with van der Waals surface area (Å²) < 4.78 is 14.5. The van der Waals surface area contributed by atoms with Crippen molar-refractivity contribution in [3.8, 4) is 5.69 Å². The van der Waals surface area contributed by atoms with Crippen LogP contribution in [-0.4, -0.2) is 21.2 Å². The fourth-order valence-electron chi connectivity index (χ4n) is 2.94. The van der Waals surface area contributed by atoms with Gasteiger partial charge >= 0.3 is 0 Å². The molecule has 4 rings (SSSR count). The van der Waals surface area contributed by atoms with Crippen LogP contribution in [-0.2, 0) is 6.42 Å². The molecule has 114 valence electrons. The van der Waals surface area contributed by atoms with Gasteiger partial charge in [0.25, 0.3) is 0 Å². The summed E-state index contributed by atoms with van der Waals surface area (Å²) in [6.45, 7) is 1.74. The third kappa shape index (κ3) is 2.36. The smallest absolute Gasteiger partial charge is 0.108 e. The zero-order valence-electron chi connectivity index (χ0n) is 12.8. The van der Waals surface area contributed by atoms with E-state index in [-0.39, 0.29) is 6.67 Å². The summed E-state index contributed by atoms with van der Waals surface area (Å²) in [4.78, 5) is 8.95. The topological polar surface area (TPSA) is 30.7 Å². The highest BCUT2D eigenvalue weighted by Gasteiger charge is 2.10. The molecule has 2 aromatic heterocycles. The third-order valence-corrected chi connectivity index (χ3v) is 4.13. The van der Waals surface area contributed by atoms with Gasteiger partial charge in [0.1, 0.15) is 11.8 Å². The number of fused-ring (bicyclic) bond motifs is 3. The fourth-order valence-corrected chi connectivity index (χ4v) is 2.94. The number of hydrogen-bond donors (Lipinski definition) is 0. The maximum Gasteiger partial charge on any atom is 0.108 e. The van der Waals surface area contributed by atoms with E-state index in [1.807, 2.05) is 36.7 Å². The second-order valence-corrected chi connectivity index (χ2v) is 5.73. The van der Waals surface area contributed by atoms with Crippen LogP contribution in [0.15, 0.2) is 55.0 Å². The Morgan fingerprint density at radius 1 is 1.00 bits per heavy atom. The number of benzene rings is 2. The summed E-state index contributed by atoms with van der Waals surface area (Å²) in [5.41, 5.74) is 6.09. The summed E-state index contributed by atoms with van der Waals surface area (Å²) in [6, 6.07) is 14.2. The molecular weight excluding hydrogens is 289 g/mol. The lowest BCUT2D eigenvalue weighted by molar-refractivity contribution is 0.495. The molecule has 0 atom stereocenters. The van der Waals surface area contributed by atoms with Crippen molar-refractivity contribution in [3.63, 3.8) is 0 Å². The van der Waals surface area contributed by atoms with Crippen LogP contribution in [0.1, 0.15) is 11.1 Å². The SMILES string of the molecule is Cc1ccc2ncc3ncn(-c4ccc(CCF)cc4)c3c2c1. The lowest BCUT2D eigenvalue weighted by atomic mass is 10.1. The van der Waals surface area contributed by atoms with Crippen molar-refractivity contribution in [1.82, 2.24) is 14.5 Å². The van der Waals surface area contributed by atoms with Gasteiger partial charge in [-0.25, -0.2) is 4.98 Å². The normalized spacial score (nSPS) is 11.4. The van der Waals surface area contributed by atoms with Crippen LogP contribution >= 0.6 is 0 Å². The molecule has 0 bridgehead atoms. The standard InChI is InChI=1S/C19H16FN3/c1-13-2-7-17-16(10-13)19-18(11-21-17)22-12-23(19)15-5-3-14(4-6-15)8-9-20/h2-7,10-12H,8-9H2,1H3. The largest absolute Gasteiger partial charge is 0.298 e. The van der Waals surface area contributed by atoms with Gasteiger partial charge in [-0.1, -0.05) is 23.8 Å². The number of nitrogens with zero attached hydrogens (tertiary/aromatic N) is 3. The molecule has 0 fully saturated rings. The molecule has 0 spiro atoms. The predicted molar refractivity (Wildman–Crippen MR) is 90.8 cm³/mol. The van der Waals surface area contributed by atoms with Gasteiger partial charge in [0.15, 0.2) is 0 Å². The Bertz CT molecular complexity index is 987. The van der Waals surface area contributed by atoms with E-state index >= 15 is 0 Å². The number of aromatic nitrogens is 3. The molecule has 0 saturated carbocycles. The highest BCUT2D eigenvalue weighted by molar-refractivity contribution is 6.03. The van der Waals surface area contributed by atoms with Crippen molar-refractivity contribution in [2.24, 2.45) is 0 Å². The second kappa shape index (κ2) is 5.47. The molecule has 0 radical (unpaired) electrons. The first-order valence-corrected chi connectivity index (χ1v) is 7.64. The summed E-state index contributed by atoms with van der Waals surface area (Å²) in [5, 5.41) is 1.09. The quantitative estimate of drug-likeness (QED) is 0.562. The maximum absolute atomic E-state index is 12.5. The van der Waals surface area contributed by atoms with E-state index in [0.29, 0.717) is 6.42 Å². The minimum atomic E-state index is -0.330. The van der Waals surface area contributed by atoms with Gasteiger partial charge < -0.3 is 0 Å². The van der Waals surface area contributed by atoms with E-state index < -0.39 is 0 Å². The van der Waals surface area contributed by atoms with E-state index in [1.54, 1.807) is 6.20 Å². The molecule has 3 nitrogen and oxygen atoms in total. The van der Waals surface area contributed by atoms with Crippen LogP contribution in [0.5, 0.6) is 0 Å². The molecule has 4 aromatic rings. The van der Waals surface area contributed by atoms with Crippen LogP contribution < -0.4 is 0 Å². The van der Waals surface area contributed by atoms with Crippen molar-refractivity contribution in [1.29, 1.82) is 0 Å². The number of imidazole rings is 1. The molecule has 23 heavy (non-hydrogen) atoms. The third-order valence-electron chi connectivity index (χ3n) is 4.13. The highest BCUT2D eigenvalue weighted by Crippen LogP contribution is 2.26. The van der Waals surface area contributed by atoms with E-state index in [0.717, 1.165) is 33.2 Å². The average Bonchev–Trinajstić information content (AvgIpc) is 3.00. The van der Waals surface area contributed by atoms with Crippen LogP contribution in [0.3, 0.4) is 0 Å². The lowest BCUT2D eigenvalue weighted by Gasteiger charge is -2.08. The van der Waals surface area contributed by atoms with E-state index in [9.17, 15) is 4.39 Å². The Hall–Kier alpha value is -2.75. The minimum absolute atomic E-state index is 0.330. The molecule has 0 aliphatic heterocycles.